The summed E-state index contributed by atoms with van der Waals surface area (Å²) in [5.41, 5.74) is 0.142. The van der Waals surface area contributed by atoms with Crippen molar-refractivity contribution >= 4 is 5.91 Å². The lowest BCUT2D eigenvalue weighted by atomic mass is 10.2. The largest absolute Gasteiger partial charge is 0.383 e. The fraction of sp³-hybridized carbons (Fsp3) is 0.636. The summed E-state index contributed by atoms with van der Waals surface area (Å²) < 4.78 is 4.82. The van der Waals surface area contributed by atoms with Crippen molar-refractivity contribution in [2.24, 2.45) is 0 Å². The van der Waals surface area contributed by atoms with Gasteiger partial charge in [0.15, 0.2) is 0 Å². The number of rotatable bonds is 5. The average molecular weight is 238 g/mol. The van der Waals surface area contributed by atoms with Gasteiger partial charge in [0, 0.05) is 46.0 Å². The fourth-order valence-corrected chi connectivity index (χ4v) is 1.49. The van der Waals surface area contributed by atoms with Crippen LogP contribution in [0.15, 0.2) is 11.8 Å². The Morgan fingerprint density at radius 2 is 2.29 bits per heavy atom. The van der Waals surface area contributed by atoms with Gasteiger partial charge in [-0.25, -0.2) is 0 Å². The van der Waals surface area contributed by atoms with Gasteiger partial charge in [0.1, 0.15) is 11.6 Å². The summed E-state index contributed by atoms with van der Waals surface area (Å²) in [5.74, 6) is -0.344. The number of carbonyl (C=O) groups excluding carboxylic acids is 1. The van der Waals surface area contributed by atoms with E-state index in [9.17, 15) is 4.79 Å². The van der Waals surface area contributed by atoms with Crippen LogP contribution in [0.2, 0.25) is 0 Å². The highest BCUT2D eigenvalue weighted by Gasteiger charge is 2.12. The molecule has 0 radical (unpaired) electrons. The predicted molar refractivity (Wildman–Crippen MR) is 63.0 cm³/mol. The Morgan fingerprint density at radius 1 is 1.59 bits per heavy atom. The third kappa shape index (κ3) is 4.85. The van der Waals surface area contributed by atoms with E-state index in [-0.39, 0.29) is 11.5 Å². The van der Waals surface area contributed by atoms with E-state index in [1.54, 1.807) is 13.3 Å². The lowest BCUT2D eigenvalue weighted by Gasteiger charge is -2.25. The molecule has 1 heterocycles. The maximum atomic E-state index is 11.6. The molecule has 17 heavy (non-hydrogen) atoms. The van der Waals surface area contributed by atoms with E-state index in [1.807, 2.05) is 11.0 Å². The van der Waals surface area contributed by atoms with Crippen LogP contribution in [0, 0.1) is 11.3 Å². The number of ether oxygens (including phenoxy) is 1. The van der Waals surface area contributed by atoms with Crippen LogP contribution >= 0.6 is 0 Å². The van der Waals surface area contributed by atoms with Crippen LogP contribution in [0.1, 0.15) is 0 Å². The Labute approximate surface area is 101 Å². The van der Waals surface area contributed by atoms with Crippen LogP contribution in [-0.4, -0.2) is 57.2 Å². The molecular weight excluding hydrogens is 220 g/mol. The zero-order valence-electron chi connectivity index (χ0n) is 10.0. The zero-order chi connectivity index (χ0) is 12.5. The molecule has 6 heteroatoms. The van der Waals surface area contributed by atoms with Gasteiger partial charge in [-0.3, -0.25) is 4.79 Å². The molecule has 0 aliphatic carbocycles. The highest BCUT2D eigenvalue weighted by molar-refractivity contribution is 5.97. The van der Waals surface area contributed by atoms with Crippen molar-refractivity contribution in [1.82, 2.24) is 15.5 Å². The Bertz CT molecular complexity index is 316. The number of nitrogens with zero attached hydrogens (tertiary/aromatic N) is 2. The van der Waals surface area contributed by atoms with E-state index >= 15 is 0 Å². The van der Waals surface area contributed by atoms with Crippen LogP contribution in [-0.2, 0) is 9.53 Å². The average Bonchev–Trinajstić information content (AvgIpc) is 2.37. The summed E-state index contributed by atoms with van der Waals surface area (Å²) in [6, 6.07) is 1.92. The molecule has 1 saturated heterocycles. The monoisotopic (exact) mass is 238 g/mol. The standard InChI is InChI=1S/C11H18N4O2/c1-17-7-4-14-11(16)10(8-12)9-15-5-2-13-3-6-15/h9,13H,2-7H2,1H3,(H,14,16)/b10-9-. The quantitative estimate of drug-likeness (QED) is 0.367. The molecule has 0 aromatic rings. The van der Waals surface area contributed by atoms with Crippen LogP contribution in [0.5, 0.6) is 0 Å². The number of piperazine rings is 1. The molecule has 94 valence electrons. The molecule has 1 aliphatic heterocycles. The molecule has 0 unspecified atom stereocenters. The number of nitrogens with one attached hydrogen (secondary N) is 2. The Balaban J connectivity index is 2.48. The van der Waals surface area contributed by atoms with Gasteiger partial charge in [0.05, 0.1) is 6.61 Å². The van der Waals surface area contributed by atoms with E-state index < -0.39 is 0 Å². The number of methoxy groups -OCH3 is 1. The summed E-state index contributed by atoms with van der Waals surface area (Å²) in [4.78, 5) is 13.6. The molecule has 0 bridgehead atoms. The summed E-state index contributed by atoms with van der Waals surface area (Å²) in [6.07, 6.45) is 1.63. The molecule has 1 amide bonds. The number of hydrogen-bond acceptors (Lipinski definition) is 5. The smallest absolute Gasteiger partial charge is 0.263 e. The van der Waals surface area contributed by atoms with Crippen LogP contribution < -0.4 is 10.6 Å². The topological polar surface area (TPSA) is 77.4 Å². The minimum absolute atomic E-state index is 0.142. The molecule has 0 aromatic carbocycles. The van der Waals surface area contributed by atoms with Gasteiger partial charge >= 0.3 is 0 Å². The Hall–Kier alpha value is -1.58. The lowest BCUT2D eigenvalue weighted by molar-refractivity contribution is -0.117. The number of carbonyl (C=O) groups is 1. The maximum Gasteiger partial charge on any atom is 0.263 e. The van der Waals surface area contributed by atoms with Crippen LogP contribution in [0.25, 0.3) is 0 Å². The second-order valence-corrected chi connectivity index (χ2v) is 3.69. The van der Waals surface area contributed by atoms with Gasteiger partial charge in [-0.15, -0.1) is 0 Å². The van der Waals surface area contributed by atoms with Crippen molar-refractivity contribution in [2.45, 2.75) is 0 Å². The van der Waals surface area contributed by atoms with Crippen LogP contribution in [0.4, 0.5) is 0 Å². The van der Waals surface area contributed by atoms with Gasteiger partial charge in [0.2, 0.25) is 0 Å². The maximum absolute atomic E-state index is 11.6. The Kier molecular flexibility index (Phi) is 6.07. The highest BCUT2D eigenvalue weighted by Crippen LogP contribution is 1.99. The Morgan fingerprint density at radius 3 is 2.88 bits per heavy atom. The first-order valence-corrected chi connectivity index (χ1v) is 5.61. The first-order chi connectivity index (χ1) is 8.27. The molecular formula is C11H18N4O2. The van der Waals surface area contributed by atoms with E-state index in [0.29, 0.717) is 13.2 Å². The molecule has 1 fully saturated rings. The summed E-state index contributed by atoms with van der Waals surface area (Å²) >= 11 is 0. The summed E-state index contributed by atoms with van der Waals surface area (Å²) in [7, 11) is 1.56. The molecule has 1 aliphatic rings. The van der Waals surface area contributed by atoms with Crippen molar-refractivity contribution < 1.29 is 9.53 Å². The minimum Gasteiger partial charge on any atom is -0.383 e. The van der Waals surface area contributed by atoms with Crippen molar-refractivity contribution in [3.8, 4) is 6.07 Å². The molecule has 0 spiro atoms. The van der Waals surface area contributed by atoms with Gasteiger partial charge in [0.25, 0.3) is 5.91 Å². The number of nitriles is 1. The van der Waals surface area contributed by atoms with E-state index in [1.165, 1.54) is 0 Å². The fourth-order valence-electron chi connectivity index (χ4n) is 1.49. The van der Waals surface area contributed by atoms with Crippen molar-refractivity contribution in [2.75, 3.05) is 46.4 Å². The summed E-state index contributed by atoms with van der Waals surface area (Å²) in [5, 5.41) is 14.8. The number of amides is 1. The van der Waals surface area contributed by atoms with Crippen molar-refractivity contribution in [3.63, 3.8) is 0 Å². The molecule has 1 rings (SSSR count). The van der Waals surface area contributed by atoms with E-state index in [0.717, 1.165) is 26.2 Å². The second-order valence-electron chi connectivity index (χ2n) is 3.69. The SMILES string of the molecule is COCCNC(=O)/C(C#N)=C\N1CCNCC1. The third-order valence-corrected chi connectivity index (χ3v) is 2.42. The van der Waals surface area contributed by atoms with E-state index in [4.69, 9.17) is 10.00 Å². The van der Waals surface area contributed by atoms with Gasteiger partial charge in [-0.2, -0.15) is 5.26 Å². The van der Waals surface area contributed by atoms with Crippen molar-refractivity contribution in [3.05, 3.63) is 11.8 Å². The molecule has 0 saturated carbocycles. The third-order valence-electron chi connectivity index (χ3n) is 2.42. The first kappa shape index (κ1) is 13.5. The van der Waals surface area contributed by atoms with Crippen LogP contribution in [0.3, 0.4) is 0 Å². The van der Waals surface area contributed by atoms with Gasteiger partial charge in [-0.1, -0.05) is 0 Å². The minimum atomic E-state index is -0.344. The molecule has 6 nitrogen and oxygen atoms in total. The van der Waals surface area contributed by atoms with E-state index in [2.05, 4.69) is 10.6 Å². The second kappa shape index (κ2) is 7.65. The highest BCUT2D eigenvalue weighted by atomic mass is 16.5. The van der Waals surface area contributed by atoms with Gasteiger partial charge < -0.3 is 20.3 Å². The molecule has 0 atom stereocenters. The zero-order valence-corrected chi connectivity index (χ0v) is 10.0. The van der Waals surface area contributed by atoms with Gasteiger partial charge in [-0.05, 0) is 0 Å². The normalized spacial score (nSPS) is 16.5. The number of hydrogen-bond donors (Lipinski definition) is 2. The lowest BCUT2D eigenvalue weighted by Crippen LogP contribution is -2.41. The summed E-state index contributed by atoms with van der Waals surface area (Å²) in [6.45, 7) is 4.24. The predicted octanol–water partition coefficient (Wildman–Crippen LogP) is -0.938. The molecule has 0 aromatic heterocycles. The van der Waals surface area contributed by atoms with Crippen molar-refractivity contribution in [1.29, 1.82) is 5.26 Å². The first-order valence-electron chi connectivity index (χ1n) is 5.61. The molecule has 2 N–H and O–H groups in total.